The maximum Gasteiger partial charge on any atom is 0.245 e. The highest BCUT2D eigenvalue weighted by Crippen LogP contribution is 2.27. The summed E-state index contributed by atoms with van der Waals surface area (Å²) < 4.78 is 27.1. The first-order valence-electron chi connectivity index (χ1n) is 8.38. The highest BCUT2D eigenvalue weighted by atomic mass is 35.5. The third-order valence-electron chi connectivity index (χ3n) is 4.82. The lowest BCUT2D eigenvalue weighted by atomic mass is 10.1. The molecule has 1 heterocycles. The fourth-order valence-electron chi connectivity index (χ4n) is 3.07. The molecule has 1 fully saturated rings. The van der Waals surface area contributed by atoms with E-state index in [0.717, 1.165) is 16.8 Å². The Bertz CT molecular complexity index is 942. The van der Waals surface area contributed by atoms with Crippen molar-refractivity contribution < 1.29 is 13.2 Å². The Kier molecular flexibility index (Phi) is 5.10. The van der Waals surface area contributed by atoms with Gasteiger partial charge in [-0.05, 0) is 68.3 Å². The topological polar surface area (TPSA) is 57.7 Å². The molecular weight excluding hydrogens is 372 g/mol. The summed E-state index contributed by atoms with van der Waals surface area (Å²) in [7, 11) is -3.75. The molecule has 1 atom stereocenters. The van der Waals surface area contributed by atoms with Crippen LogP contribution in [0.15, 0.2) is 47.4 Å². The molecule has 0 saturated carbocycles. The number of carbonyl (C=O) groups is 1. The molecule has 0 bridgehead atoms. The number of halogens is 1. The standard InChI is InChI=1S/C19H21ClN2O3S/c1-13-4-7-17(12-14(13)2)21-10-11-22(15(3)19(21)23)26(24,25)18-8-5-16(20)6-9-18/h4-9,12,15H,10-11H2,1-3H3/t15-/m1/s1. The van der Waals surface area contributed by atoms with Crippen molar-refractivity contribution in [3.63, 3.8) is 0 Å². The van der Waals surface area contributed by atoms with Crippen molar-refractivity contribution >= 4 is 33.2 Å². The Morgan fingerprint density at radius 1 is 1.00 bits per heavy atom. The van der Waals surface area contributed by atoms with Crippen molar-refractivity contribution in [3.05, 3.63) is 58.6 Å². The zero-order chi connectivity index (χ0) is 19.1. The van der Waals surface area contributed by atoms with Crippen molar-refractivity contribution in [1.82, 2.24) is 4.31 Å². The summed E-state index contributed by atoms with van der Waals surface area (Å²) in [6.07, 6.45) is 0. The van der Waals surface area contributed by atoms with Crippen molar-refractivity contribution in [2.24, 2.45) is 0 Å². The highest BCUT2D eigenvalue weighted by Gasteiger charge is 2.39. The largest absolute Gasteiger partial charge is 0.310 e. The summed E-state index contributed by atoms with van der Waals surface area (Å²) in [6, 6.07) is 11.1. The van der Waals surface area contributed by atoms with Gasteiger partial charge in [0.05, 0.1) is 4.90 Å². The average Bonchev–Trinajstić information content (AvgIpc) is 2.60. The lowest BCUT2D eigenvalue weighted by molar-refractivity contribution is -0.123. The zero-order valence-electron chi connectivity index (χ0n) is 14.9. The van der Waals surface area contributed by atoms with Crippen LogP contribution in [0.2, 0.25) is 5.02 Å². The van der Waals surface area contributed by atoms with Gasteiger partial charge in [0, 0.05) is 23.8 Å². The fraction of sp³-hybridized carbons (Fsp3) is 0.316. The summed E-state index contributed by atoms with van der Waals surface area (Å²) in [5.41, 5.74) is 3.05. The van der Waals surface area contributed by atoms with E-state index >= 15 is 0 Å². The van der Waals surface area contributed by atoms with Gasteiger partial charge >= 0.3 is 0 Å². The first-order chi connectivity index (χ1) is 12.2. The van der Waals surface area contributed by atoms with Gasteiger partial charge in [0.25, 0.3) is 0 Å². The number of anilines is 1. The van der Waals surface area contributed by atoms with Gasteiger partial charge in [-0.15, -0.1) is 0 Å². The number of benzene rings is 2. The lowest BCUT2D eigenvalue weighted by Crippen LogP contribution is -2.57. The number of carbonyl (C=O) groups excluding carboxylic acids is 1. The Morgan fingerprint density at radius 3 is 2.27 bits per heavy atom. The summed E-state index contributed by atoms with van der Waals surface area (Å²) in [5.74, 6) is -0.225. The highest BCUT2D eigenvalue weighted by molar-refractivity contribution is 7.89. The predicted molar refractivity (Wildman–Crippen MR) is 103 cm³/mol. The van der Waals surface area contributed by atoms with Gasteiger partial charge in [0.15, 0.2) is 0 Å². The van der Waals surface area contributed by atoms with Crippen LogP contribution in [-0.2, 0) is 14.8 Å². The Balaban J connectivity index is 1.87. The van der Waals surface area contributed by atoms with Crippen LogP contribution in [0.3, 0.4) is 0 Å². The van der Waals surface area contributed by atoms with Crippen LogP contribution in [0.25, 0.3) is 0 Å². The predicted octanol–water partition coefficient (Wildman–Crippen LogP) is 3.38. The maximum absolute atomic E-state index is 12.9. The van der Waals surface area contributed by atoms with Crippen LogP contribution in [0.4, 0.5) is 5.69 Å². The summed E-state index contributed by atoms with van der Waals surface area (Å²) in [4.78, 5) is 14.7. The van der Waals surface area contributed by atoms with E-state index in [1.807, 2.05) is 32.0 Å². The molecule has 138 valence electrons. The zero-order valence-corrected chi connectivity index (χ0v) is 16.5. The van der Waals surface area contributed by atoms with Crippen LogP contribution in [0, 0.1) is 13.8 Å². The molecule has 0 N–H and O–H groups in total. The van der Waals surface area contributed by atoms with Gasteiger partial charge in [0.1, 0.15) is 6.04 Å². The molecule has 2 aromatic rings. The second kappa shape index (κ2) is 7.02. The Labute approximate surface area is 159 Å². The quantitative estimate of drug-likeness (QED) is 0.804. The molecule has 2 aromatic carbocycles. The van der Waals surface area contributed by atoms with E-state index < -0.39 is 16.1 Å². The van der Waals surface area contributed by atoms with Gasteiger partial charge in [-0.3, -0.25) is 4.79 Å². The molecule has 3 rings (SSSR count). The number of hydrogen-bond donors (Lipinski definition) is 0. The van der Waals surface area contributed by atoms with Crippen LogP contribution < -0.4 is 4.90 Å². The number of sulfonamides is 1. The molecule has 5 nitrogen and oxygen atoms in total. The molecule has 1 saturated heterocycles. The summed E-state index contributed by atoms with van der Waals surface area (Å²) in [6.45, 7) is 6.19. The number of amides is 1. The molecule has 7 heteroatoms. The number of rotatable bonds is 3. The third kappa shape index (κ3) is 3.37. The molecule has 0 spiro atoms. The van der Waals surface area contributed by atoms with Gasteiger partial charge in [-0.2, -0.15) is 4.31 Å². The molecule has 1 aliphatic rings. The monoisotopic (exact) mass is 392 g/mol. The van der Waals surface area contributed by atoms with Gasteiger partial charge in [0.2, 0.25) is 15.9 Å². The number of nitrogens with zero attached hydrogens (tertiary/aromatic N) is 2. The van der Waals surface area contributed by atoms with Crippen LogP contribution >= 0.6 is 11.6 Å². The van der Waals surface area contributed by atoms with Gasteiger partial charge < -0.3 is 4.90 Å². The minimum absolute atomic E-state index is 0.140. The van der Waals surface area contributed by atoms with E-state index in [1.165, 1.54) is 28.6 Å². The molecule has 1 amide bonds. The molecule has 1 aliphatic heterocycles. The lowest BCUT2D eigenvalue weighted by Gasteiger charge is -2.38. The van der Waals surface area contributed by atoms with Crippen molar-refractivity contribution in [2.45, 2.75) is 31.7 Å². The van der Waals surface area contributed by atoms with Crippen LogP contribution in [0.1, 0.15) is 18.1 Å². The van der Waals surface area contributed by atoms with Crippen LogP contribution in [-0.4, -0.2) is 37.8 Å². The molecule has 0 aromatic heterocycles. The minimum atomic E-state index is -3.75. The fourth-order valence-corrected chi connectivity index (χ4v) is 4.78. The van der Waals surface area contributed by atoms with E-state index in [9.17, 15) is 13.2 Å². The van der Waals surface area contributed by atoms with Gasteiger partial charge in [-0.1, -0.05) is 17.7 Å². The number of piperazine rings is 1. The van der Waals surface area contributed by atoms with E-state index in [0.29, 0.717) is 11.6 Å². The summed E-state index contributed by atoms with van der Waals surface area (Å²) in [5, 5.41) is 0.465. The SMILES string of the molecule is Cc1ccc(N2CCN(S(=O)(=O)c3ccc(Cl)cc3)[C@H](C)C2=O)cc1C. The van der Waals surface area contributed by atoms with E-state index in [1.54, 1.807) is 11.8 Å². The number of hydrogen-bond acceptors (Lipinski definition) is 3. The van der Waals surface area contributed by atoms with Gasteiger partial charge in [-0.25, -0.2) is 8.42 Å². The maximum atomic E-state index is 12.9. The molecule has 0 aliphatic carbocycles. The molecule has 0 unspecified atom stereocenters. The third-order valence-corrected chi connectivity index (χ3v) is 7.06. The summed E-state index contributed by atoms with van der Waals surface area (Å²) >= 11 is 5.84. The second-order valence-corrected chi connectivity index (χ2v) is 8.83. The smallest absolute Gasteiger partial charge is 0.245 e. The first kappa shape index (κ1) is 18.9. The molecule has 26 heavy (non-hydrogen) atoms. The normalized spacial score (nSPS) is 19.0. The average molecular weight is 393 g/mol. The van der Waals surface area contributed by atoms with E-state index in [4.69, 9.17) is 11.6 Å². The van der Waals surface area contributed by atoms with Crippen molar-refractivity contribution in [3.8, 4) is 0 Å². The molecular formula is C19H21ClN2O3S. The van der Waals surface area contributed by atoms with E-state index in [-0.39, 0.29) is 17.3 Å². The van der Waals surface area contributed by atoms with Crippen LogP contribution in [0.5, 0.6) is 0 Å². The first-order valence-corrected chi connectivity index (χ1v) is 10.2. The van der Waals surface area contributed by atoms with Crippen molar-refractivity contribution in [1.29, 1.82) is 0 Å². The Hall–Kier alpha value is -1.89. The second-order valence-electron chi connectivity index (χ2n) is 6.50. The van der Waals surface area contributed by atoms with Crippen molar-refractivity contribution in [2.75, 3.05) is 18.0 Å². The number of aryl methyl sites for hydroxylation is 2. The van der Waals surface area contributed by atoms with E-state index in [2.05, 4.69) is 0 Å². The minimum Gasteiger partial charge on any atom is -0.310 e. The molecule has 0 radical (unpaired) electrons. The Morgan fingerprint density at radius 2 is 1.65 bits per heavy atom.